The van der Waals surface area contributed by atoms with Gasteiger partial charge >= 0.3 is 0 Å². The highest BCUT2D eigenvalue weighted by molar-refractivity contribution is 6.40. The van der Waals surface area contributed by atoms with Crippen molar-refractivity contribution in [2.45, 2.75) is 31.2 Å². The van der Waals surface area contributed by atoms with Crippen LogP contribution in [0.2, 0.25) is 0 Å². The average Bonchev–Trinajstić information content (AvgIpc) is 3.34. The quantitative estimate of drug-likeness (QED) is 0.567. The van der Waals surface area contributed by atoms with E-state index in [-0.39, 0.29) is 52.4 Å². The van der Waals surface area contributed by atoms with E-state index >= 15 is 4.39 Å². The summed E-state index contributed by atoms with van der Waals surface area (Å²) >= 11 is 6.48. The summed E-state index contributed by atoms with van der Waals surface area (Å²) in [6.07, 6.45) is 7.45. The SMILES string of the molecule is Nc1ccc(-c2cnc(C3CN4C(=O)CC5(CC5)C4C4=C3C3=CC(=O)C=C(F)/C3=C(\Cl)C=NC4)[nH]2)c(F)n1. The third-order valence-corrected chi connectivity index (χ3v) is 8.44. The molecule has 0 aromatic carbocycles. The number of hydrogen-bond donors (Lipinski definition) is 2. The molecule has 1 spiro atoms. The van der Waals surface area contributed by atoms with Crippen LogP contribution >= 0.6 is 11.6 Å². The second-order valence-electron chi connectivity index (χ2n) is 10.4. The number of halogens is 3. The number of rotatable bonds is 2. The fraction of sp³-hybridized carbons (Fsp3) is 0.296. The Bertz CT molecular complexity index is 1610. The van der Waals surface area contributed by atoms with Crippen molar-refractivity contribution < 1.29 is 18.4 Å². The lowest BCUT2D eigenvalue weighted by Crippen LogP contribution is -2.46. The molecule has 2 aromatic rings. The van der Waals surface area contributed by atoms with Crippen LogP contribution in [0.25, 0.3) is 11.3 Å². The molecule has 2 aliphatic carbocycles. The van der Waals surface area contributed by atoms with Gasteiger partial charge in [-0.1, -0.05) is 11.6 Å². The van der Waals surface area contributed by atoms with Gasteiger partial charge in [0.25, 0.3) is 0 Å². The largest absolute Gasteiger partial charge is 0.384 e. The number of aromatic nitrogens is 3. The van der Waals surface area contributed by atoms with Crippen LogP contribution in [0.4, 0.5) is 14.6 Å². The number of aromatic amines is 1. The summed E-state index contributed by atoms with van der Waals surface area (Å²) < 4.78 is 29.8. The minimum atomic E-state index is -0.751. The Morgan fingerprint density at radius 3 is 2.76 bits per heavy atom. The first-order valence-electron chi connectivity index (χ1n) is 12.3. The summed E-state index contributed by atoms with van der Waals surface area (Å²) in [5.41, 5.74) is 7.99. The molecule has 0 bridgehead atoms. The normalized spacial score (nSPS) is 27.5. The number of allylic oxidation sites excluding steroid dienone is 6. The summed E-state index contributed by atoms with van der Waals surface area (Å²) in [5.74, 6) is -2.00. The lowest BCUT2D eigenvalue weighted by Gasteiger charge is -2.42. The first-order chi connectivity index (χ1) is 18.3. The van der Waals surface area contributed by atoms with E-state index in [9.17, 15) is 14.0 Å². The van der Waals surface area contributed by atoms with Gasteiger partial charge in [0.05, 0.1) is 41.0 Å². The van der Waals surface area contributed by atoms with Crippen LogP contribution in [0.5, 0.6) is 0 Å². The van der Waals surface area contributed by atoms with Gasteiger partial charge in [-0.25, -0.2) is 14.4 Å². The van der Waals surface area contributed by atoms with Crippen LogP contribution < -0.4 is 5.73 Å². The zero-order chi connectivity index (χ0) is 26.3. The number of hydrogen-bond acceptors (Lipinski definition) is 6. The van der Waals surface area contributed by atoms with E-state index in [2.05, 4.69) is 19.9 Å². The van der Waals surface area contributed by atoms with Crippen molar-refractivity contribution in [2.24, 2.45) is 10.4 Å². The fourth-order valence-electron chi connectivity index (χ4n) is 6.39. The van der Waals surface area contributed by atoms with Crippen LogP contribution in [-0.2, 0) is 9.59 Å². The molecule has 11 heteroatoms. The molecule has 1 saturated carbocycles. The molecular weight excluding hydrogens is 514 g/mol. The Morgan fingerprint density at radius 1 is 1.18 bits per heavy atom. The van der Waals surface area contributed by atoms with E-state index in [4.69, 9.17) is 17.3 Å². The smallest absolute Gasteiger partial charge is 0.224 e. The fourth-order valence-corrected chi connectivity index (χ4v) is 6.65. The third-order valence-electron chi connectivity index (χ3n) is 8.16. The Hall–Kier alpha value is -3.92. The van der Waals surface area contributed by atoms with Crippen molar-refractivity contribution in [2.75, 3.05) is 18.8 Å². The zero-order valence-electron chi connectivity index (χ0n) is 20.0. The summed E-state index contributed by atoms with van der Waals surface area (Å²) in [6, 6.07) is 2.79. The zero-order valence-corrected chi connectivity index (χ0v) is 20.7. The number of nitrogens with two attached hydrogens (primary N) is 1. The highest BCUT2D eigenvalue weighted by Gasteiger charge is 2.62. The van der Waals surface area contributed by atoms with Crippen molar-refractivity contribution >= 4 is 35.3 Å². The first kappa shape index (κ1) is 23.2. The van der Waals surface area contributed by atoms with Gasteiger partial charge in [-0.15, -0.1) is 0 Å². The molecule has 1 amide bonds. The van der Waals surface area contributed by atoms with Crippen molar-refractivity contribution in [3.05, 3.63) is 75.4 Å². The Kier molecular flexibility index (Phi) is 4.91. The number of carbonyl (C=O) groups is 2. The standard InChI is InChI=1S/C27H21ClF2N6O2/c28-17-9-32-8-15-22(14-5-12(37)6-18(29)23(14)17)16(11-36-21(38)7-27(3-4-27)24(15)36)26-33-10-19(34-26)13-1-2-20(31)35-25(13)30/h1-2,5-6,9-10,16,24H,3-4,7-8,11H2,(H2,31,35)(H,33,34)/b23-17-,32-9?. The van der Waals surface area contributed by atoms with Crippen molar-refractivity contribution in [1.29, 1.82) is 0 Å². The molecule has 2 unspecified atom stereocenters. The third kappa shape index (κ3) is 3.36. The van der Waals surface area contributed by atoms with E-state index in [0.29, 0.717) is 29.1 Å². The lowest BCUT2D eigenvalue weighted by molar-refractivity contribution is -0.129. The summed E-state index contributed by atoms with van der Waals surface area (Å²) in [4.78, 5) is 43.6. The van der Waals surface area contributed by atoms with E-state index in [1.807, 2.05) is 4.90 Å². The molecule has 5 aliphatic rings. The highest BCUT2D eigenvalue weighted by Crippen LogP contribution is 2.62. The van der Waals surface area contributed by atoms with Gasteiger partial charge in [-0.05, 0) is 47.8 Å². The number of fused-ring (bicyclic) bond motifs is 5. The van der Waals surface area contributed by atoms with Crippen molar-refractivity contribution in [3.63, 3.8) is 0 Å². The van der Waals surface area contributed by atoms with Crippen LogP contribution in [-0.4, -0.2) is 56.9 Å². The number of nitrogen functional groups attached to an aromatic ring is 1. The van der Waals surface area contributed by atoms with Gasteiger partial charge in [-0.2, -0.15) is 4.39 Å². The minimum Gasteiger partial charge on any atom is -0.384 e. The average molecular weight is 535 g/mol. The molecule has 2 aromatic heterocycles. The number of H-pyrrole nitrogens is 1. The number of carbonyl (C=O) groups excluding carboxylic acids is 2. The highest BCUT2D eigenvalue weighted by atomic mass is 35.5. The van der Waals surface area contributed by atoms with Gasteiger partial charge in [0.2, 0.25) is 11.9 Å². The summed E-state index contributed by atoms with van der Waals surface area (Å²) in [7, 11) is 0. The number of nitrogens with one attached hydrogen (secondary N) is 1. The summed E-state index contributed by atoms with van der Waals surface area (Å²) in [6.45, 7) is 0.511. The number of nitrogens with zero attached hydrogens (tertiary/aromatic N) is 4. The second kappa shape index (κ2) is 8.04. The number of ketones is 1. The number of anilines is 1. The van der Waals surface area contributed by atoms with Crippen LogP contribution in [0.15, 0.2) is 68.6 Å². The van der Waals surface area contributed by atoms with Gasteiger partial charge in [0.15, 0.2) is 5.78 Å². The number of amides is 1. The molecule has 3 aliphatic heterocycles. The van der Waals surface area contributed by atoms with Crippen molar-refractivity contribution in [1.82, 2.24) is 19.9 Å². The van der Waals surface area contributed by atoms with E-state index in [1.165, 1.54) is 30.6 Å². The predicted molar refractivity (Wildman–Crippen MR) is 136 cm³/mol. The predicted octanol–water partition coefficient (Wildman–Crippen LogP) is 3.91. The number of aliphatic imine (C=N–C) groups is 1. The van der Waals surface area contributed by atoms with Crippen LogP contribution in [0.3, 0.4) is 0 Å². The van der Waals surface area contributed by atoms with Gasteiger partial charge in [-0.3, -0.25) is 14.6 Å². The molecule has 1 saturated heterocycles. The molecule has 5 heterocycles. The van der Waals surface area contributed by atoms with Gasteiger partial charge in [0.1, 0.15) is 17.5 Å². The Balaban J connectivity index is 1.43. The van der Waals surface area contributed by atoms with Gasteiger partial charge < -0.3 is 15.6 Å². The van der Waals surface area contributed by atoms with E-state index < -0.39 is 23.5 Å². The molecular formula is C27H21ClF2N6O2. The molecule has 7 rings (SSSR count). The molecule has 38 heavy (non-hydrogen) atoms. The monoisotopic (exact) mass is 534 g/mol. The van der Waals surface area contributed by atoms with Crippen LogP contribution in [0, 0.1) is 11.4 Å². The maximum Gasteiger partial charge on any atom is 0.224 e. The van der Waals surface area contributed by atoms with E-state index in [0.717, 1.165) is 24.5 Å². The van der Waals surface area contributed by atoms with Crippen LogP contribution in [0.1, 0.15) is 31.0 Å². The first-order valence-corrected chi connectivity index (χ1v) is 12.7. The Labute approximate surface area is 220 Å². The maximum atomic E-state index is 15.2. The summed E-state index contributed by atoms with van der Waals surface area (Å²) in [5, 5.41) is 0.0871. The molecule has 0 radical (unpaired) electrons. The van der Waals surface area contributed by atoms with E-state index in [1.54, 1.807) is 0 Å². The molecule has 2 fully saturated rings. The minimum absolute atomic E-state index is 0.0456. The molecule has 8 nitrogen and oxygen atoms in total. The number of imidazole rings is 1. The lowest BCUT2D eigenvalue weighted by atomic mass is 9.74. The maximum absolute atomic E-state index is 15.2. The molecule has 3 N–H and O–H groups in total. The second-order valence-corrected chi connectivity index (χ2v) is 10.8. The van der Waals surface area contributed by atoms with Crippen molar-refractivity contribution in [3.8, 4) is 11.3 Å². The topological polar surface area (TPSA) is 117 Å². The van der Waals surface area contributed by atoms with Gasteiger partial charge in [0, 0.05) is 36.2 Å². The Morgan fingerprint density at radius 2 is 2.00 bits per heavy atom. The number of pyridine rings is 1. The molecule has 2 atom stereocenters. The molecule has 192 valence electrons.